The predicted molar refractivity (Wildman–Crippen MR) is 66.5 cm³/mol. The maximum absolute atomic E-state index is 11.5. The molecule has 0 unspecified atom stereocenters. The summed E-state index contributed by atoms with van der Waals surface area (Å²) in [6, 6.07) is 4.55. The number of carbonyl (C=O) groups is 2. The Hall–Kier alpha value is -1.52. The number of hydrogen-bond donors (Lipinski definition) is 2. The lowest BCUT2D eigenvalue weighted by molar-refractivity contribution is -0.131. The largest absolute Gasteiger partial charge is 0.478 e. The average Bonchev–Trinajstić information content (AvgIpc) is 2.14. The number of nitrogens with one attached hydrogen (secondary N) is 1. The fourth-order valence-corrected chi connectivity index (χ4v) is 1.63. The number of hydrogen-bond acceptors (Lipinski definition) is 2. The lowest BCUT2D eigenvalue weighted by Gasteiger charge is -2.06. The fraction of sp³-hybridized carbons (Fsp3) is 0.0909. The number of amides is 1. The molecule has 17 heavy (non-hydrogen) atoms. The molecule has 0 aliphatic rings. The molecule has 0 bridgehead atoms. The molecule has 1 rings (SSSR count). The molecule has 0 saturated carbocycles. The molecule has 1 amide bonds. The van der Waals surface area contributed by atoms with E-state index in [1.165, 1.54) is 25.1 Å². The molecule has 0 saturated heterocycles. The fourth-order valence-electron chi connectivity index (χ4n) is 1.11. The third-order valence-corrected chi connectivity index (χ3v) is 2.25. The SMILES string of the molecule is C/C(=C/C(=O)O)C(=O)Nc1cc(Cl)cc(Cl)c1. The maximum atomic E-state index is 11.5. The molecule has 0 fully saturated rings. The van der Waals surface area contributed by atoms with Crippen LogP contribution in [0.1, 0.15) is 6.92 Å². The molecular formula is C11H9Cl2NO3. The van der Waals surface area contributed by atoms with Crippen molar-refractivity contribution in [1.82, 2.24) is 0 Å². The van der Waals surface area contributed by atoms with Gasteiger partial charge < -0.3 is 10.4 Å². The average molecular weight is 274 g/mol. The molecule has 0 aromatic heterocycles. The third kappa shape index (κ3) is 4.46. The normalized spacial score (nSPS) is 11.1. The van der Waals surface area contributed by atoms with Gasteiger partial charge in [-0.2, -0.15) is 0 Å². The van der Waals surface area contributed by atoms with E-state index in [9.17, 15) is 9.59 Å². The van der Waals surface area contributed by atoms with Crippen molar-refractivity contribution in [3.05, 3.63) is 39.9 Å². The van der Waals surface area contributed by atoms with Gasteiger partial charge in [0.25, 0.3) is 5.91 Å². The summed E-state index contributed by atoms with van der Waals surface area (Å²) in [5.41, 5.74) is 0.485. The van der Waals surface area contributed by atoms with Crippen LogP contribution in [0.3, 0.4) is 0 Å². The molecule has 2 N–H and O–H groups in total. The van der Waals surface area contributed by atoms with Gasteiger partial charge in [-0.15, -0.1) is 0 Å². The summed E-state index contributed by atoms with van der Waals surface area (Å²) in [6.45, 7) is 1.40. The Morgan fingerprint density at radius 1 is 1.24 bits per heavy atom. The molecule has 0 atom stereocenters. The Morgan fingerprint density at radius 3 is 2.24 bits per heavy atom. The maximum Gasteiger partial charge on any atom is 0.328 e. The van der Waals surface area contributed by atoms with Gasteiger partial charge in [0.1, 0.15) is 0 Å². The molecule has 1 aromatic carbocycles. The van der Waals surface area contributed by atoms with Gasteiger partial charge >= 0.3 is 5.97 Å². The van der Waals surface area contributed by atoms with E-state index in [-0.39, 0.29) is 5.57 Å². The first-order valence-corrected chi connectivity index (χ1v) is 5.33. The van der Waals surface area contributed by atoms with E-state index >= 15 is 0 Å². The molecule has 90 valence electrons. The van der Waals surface area contributed by atoms with E-state index in [0.29, 0.717) is 15.7 Å². The van der Waals surface area contributed by atoms with Crippen molar-refractivity contribution >= 4 is 40.8 Å². The third-order valence-electron chi connectivity index (χ3n) is 1.82. The van der Waals surface area contributed by atoms with Crippen LogP contribution < -0.4 is 5.32 Å². The smallest absolute Gasteiger partial charge is 0.328 e. The zero-order valence-corrected chi connectivity index (χ0v) is 10.3. The van der Waals surface area contributed by atoms with Crippen LogP contribution in [0.2, 0.25) is 10.0 Å². The van der Waals surface area contributed by atoms with Crippen LogP contribution in [0, 0.1) is 0 Å². The van der Waals surface area contributed by atoms with Crippen LogP contribution in [0.15, 0.2) is 29.8 Å². The highest BCUT2D eigenvalue weighted by Gasteiger charge is 2.07. The van der Waals surface area contributed by atoms with Crippen LogP contribution in [-0.4, -0.2) is 17.0 Å². The molecule has 0 aliphatic heterocycles. The van der Waals surface area contributed by atoms with Crippen molar-refractivity contribution < 1.29 is 14.7 Å². The minimum atomic E-state index is -1.18. The summed E-state index contributed by atoms with van der Waals surface area (Å²) in [5, 5.41) is 11.7. The molecule has 4 nitrogen and oxygen atoms in total. The standard InChI is InChI=1S/C11H9Cl2NO3/c1-6(2-10(15)16)11(17)14-9-4-7(12)3-8(13)5-9/h2-5H,1H3,(H,14,17)(H,15,16)/b6-2-. The topological polar surface area (TPSA) is 66.4 Å². The zero-order valence-electron chi connectivity index (χ0n) is 8.83. The highest BCUT2D eigenvalue weighted by Crippen LogP contribution is 2.22. The second kappa shape index (κ2) is 5.70. The van der Waals surface area contributed by atoms with Crippen LogP contribution in [0.25, 0.3) is 0 Å². The number of carboxylic acids is 1. The summed E-state index contributed by atoms with van der Waals surface area (Å²) in [6.07, 6.45) is 0.821. The second-order valence-corrected chi connectivity index (χ2v) is 4.15. The van der Waals surface area contributed by atoms with Crippen LogP contribution in [0.4, 0.5) is 5.69 Å². The number of rotatable bonds is 3. The summed E-state index contributed by atoms with van der Waals surface area (Å²) in [5.74, 6) is -1.70. The van der Waals surface area contributed by atoms with Crippen molar-refractivity contribution in [1.29, 1.82) is 0 Å². The molecule has 1 aromatic rings. The molecule has 0 aliphatic carbocycles. The second-order valence-electron chi connectivity index (χ2n) is 3.28. The van der Waals surface area contributed by atoms with E-state index in [0.717, 1.165) is 6.08 Å². The minimum absolute atomic E-state index is 0.0774. The van der Waals surface area contributed by atoms with E-state index in [2.05, 4.69) is 5.32 Å². The van der Waals surface area contributed by atoms with Crippen LogP contribution >= 0.6 is 23.2 Å². The van der Waals surface area contributed by atoms with Gasteiger partial charge in [-0.3, -0.25) is 4.79 Å². The minimum Gasteiger partial charge on any atom is -0.478 e. The lowest BCUT2D eigenvalue weighted by Crippen LogP contribution is -2.13. The van der Waals surface area contributed by atoms with Gasteiger partial charge in [0.15, 0.2) is 0 Å². The van der Waals surface area contributed by atoms with Gasteiger partial charge in [0.2, 0.25) is 0 Å². The van der Waals surface area contributed by atoms with Gasteiger partial charge in [-0.25, -0.2) is 4.79 Å². The first-order valence-electron chi connectivity index (χ1n) is 4.57. The number of carbonyl (C=O) groups excluding carboxylic acids is 1. The molecule has 0 heterocycles. The number of halogens is 2. The number of aliphatic carboxylic acids is 1. The Bertz CT molecular complexity index is 477. The molecular weight excluding hydrogens is 265 g/mol. The van der Waals surface area contributed by atoms with Crippen molar-refractivity contribution in [2.45, 2.75) is 6.92 Å². The molecule has 0 radical (unpaired) electrons. The monoisotopic (exact) mass is 273 g/mol. The number of carboxylic acid groups (broad SMARTS) is 1. The van der Waals surface area contributed by atoms with Crippen LogP contribution in [0.5, 0.6) is 0 Å². The molecule has 6 heteroatoms. The van der Waals surface area contributed by atoms with E-state index in [1.807, 2.05) is 0 Å². The van der Waals surface area contributed by atoms with Crippen molar-refractivity contribution in [3.63, 3.8) is 0 Å². The van der Waals surface area contributed by atoms with Gasteiger partial charge in [0.05, 0.1) is 0 Å². The Kier molecular flexibility index (Phi) is 4.54. The number of benzene rings is 1. The first-order chi connectivity index (χ1) is 7.88. The van der Waals surface area contributed by atoms with Gasteiger partial charge in [0, 0.05) is 27.4 Å². The van der Waals surface area contributed by atoms with E-state index in [4.69, 9.17) is 28.3 Å². The van der Waals surface area contributed by atoms with E-state index in [1.54, 1.807) is 0 Å². The first kappa shape index (κ1) is 13.5. The summed E-state index contributed by atoms with van der Waals surface area (Å²) >= 11 is 11.5. The Balaban J connectivity index is 2.84. The van der Waals surface area contributed by atoms with E-state index < -0.39 is 11.9 Å². The highest BCUT2D eigenvalue weighted by atomic mass is 35.5. The Labute approximate surface area is 108 Å². The van der Waals surface area contributed by atoms with Crippen molar-refractivity contribution in [2.75, 3.05) is 5.32 Å². The quantitative estimate of drug-likeness (QED) is 0.833. The summed E-state index contributed by atoms with van der Waals surface area (Å²) in [4.78, 5) is 21.9. The molecule has 0 spiro atoms. The predicted octanol–water partition coefficient (Wildman–Crippen LogP) is 2.96. The zero-order chi connectivity index (χ0) is 13.0. The highest BCUT2D eigenvalue weighted by molar-refractivity contribution is 6.35. The number of anilines is 1. The van der Waals surface area contributed by atoms with Crippen molar-refractivity contribution in [2.24, 2.45) is 0 Å². The summed E-state index contributed by atoms with van der Waals surface area (Å²) < 4.78 is 0. The van der Waals surface area contributed by atoms with Gasteiger partial charge in [-0.1, -0.05) is 23.2 Å². The van der Waals surface area contributed by atoms with Gasteiger partial charge in [-0.05, 0) is 25.1 Å². The van der Waals surface area contributed by atoms with Crippen molar-refractivity contribution in [3.8, 4) is 0 Å². The lowest BCUT2D eigenvalue weighted by atomic mass is 10.2. The van der Waals surface area contributed by atoms with Crippen LogP contribution in [-0.2, 0) is 9.59 Å². The Morgan fingerprint density at radius 2 is 1.76 bits per heavy atom. The summed E-state index contributed by atoms with van der Waals surface area (Å²) in [7, 11) is 0.